The number of rotatable bonds is 4. The molecule has 0 bridgehead atoms. The highest BCUT2D eigenvalue weighted by Gasteiger charge is 2.17. The second-order valence-electron chi connectivity index (χ2n) is 3.84. The van der Waals surface area contributed by atoms with Crippen LogP contribution in [0, 0.1) is 0 Å². The van der Waals surface area contributed by atoms with Gasteiger partial charge in [0.1, 0.15) is 5.75 Å². The summed E-state index contributed by atoms with van der Waals surface area (Å²) < 4.78 is 10.3. The molecule has 0 fully saturated rings. The van der Waals surface area contributed by atoms with Gasteiger partial charge in [0.05, 0.1) is 6.04 Å². The van der Waals surface area contributed by atoms with Gasteiger partial charge in [-0.3, -0.25) is 4.79 Å². The predicted molar refractivity (Wildman–Crippen MR) is 59.7 cm³/mol. The summed E-state index contributed by atoms with van der Waals surface area (Å²) >= 11 is 0. The Bertz CT molecular complexity index is 447. The van der Waals surface area contributed by atoms with Crippen LogP contribution in [0.5, 0.6) is 17.2 Å². The number of ether oxygens (including phenoxy) is 2. The molecule has 1 unspecified atom stereocenters. The van der Waals surface area contributed by atoms with Crippen molar-refractivity contribution in [3.05, 3.63) is 17.7 Å². The van der Waals surface area contributed by atoms with Crippen LogP contribution >= 0.6 is 0 Å². The number of carbonyl (C=O) groups is 1. The number of carbonyl (C=O) groups excluding carboxylic acids is 1. The molecule has 6 heteroatoms. The van der Waals surface area contributed by atoms with Crippen molar-refractivity contribution >= 4 is 5.91 Å². The van der Waals surface area contributed by atoms with Gasteiger partial charge in [0, 0.05) is 18.2 Å². The molecule has 6 nitrogen and oxygen atoms in total. The Morgan fingerprint density at radius 2 is 2.18 bits per heavy atom. The molecule has 1 aromatic rings. The molecule has 1 heterocycles. The van der Waals surface area contributed by atoms with Gasteiger partial charge in [-0.25, -0.2) is 0 Å². The van der Waals surface area contributed by atoms with Gasteiger partial charge in [-0.15, -0.1) is 0 Å². The SMILES string of the molecule is CC(NCc1cc2c(cc1O)OCO2)C(N)=O. The number of hydrogen-bond donors (Lipinski definition) is 3. The van der Waals surface area contributed by atoms with Crippen molar-refractivity contribution in [3.63, 3.8) is 0 Å². The van der Waals surface area contributed by atoms with Crippen LogP contribution in [0.1, 0.15) is 12.5 Å². The summed E-state index contributed by atoms with van der Waals surface area (Å²) in [6.45, 7) is 2.14. The lowest BCUT2D eigenvalue weighted by atomic mass is 10.1. The maximum Gasteiger partial charge on any atom is 0.234 e. The number of nitrogens with one attached hydrogen (secondary N) is 1. The van der Waals surface area contributed by atoms with E-state index in [9.17, 15) is 9.90 Å². The Labute approximate surface area is 98.3 Å². The molecule has 17 heavy (non-hydrogen) atoms. The number of primary amides is 1. The molecule has 1 amide bonds. The van der Waals surface area contributed by atoms with Crippen LogP contribution in [0.25, 0.3) is 0 Å². The first-order valence-corrected chi connectivity index (χ1v) is 5.22. The zero-order valence-electron chi connectivity index (χ0n) is 9.40. The Kier molecular flexibility index (Phi) is 3.06. The zero-order chi connectivity index (χ0) is 12.4. The summed E-state index contributed by atoms with van der Waals surface area (Å²) in [5.74, 6) is 0.768. The van der Waals surface area contributed by atoms with Crippen LogP contribution in [-0.2, 0) is 11.3 Å². The molecule has 0 saturated heterocycles. The third-order valence-corrected chi connectivity index (χ3v) is 2.60. The Hall–Kier alpha value is -1.95. The number of hydrogen-bond acceptors (Lipinski definition) is 5. The molecule has 92 valence electrons. The maximum absolute atomic E-state index is 10.8. The van der Waals surface area contributed by atoms with Crippen LogP contribution in [0.3, 0.4) is 0 Å². The summed E-state index contributed by atoms with van der Waals surface area (Å²) in [6, 6.07) is 2.71. The van der Waals surface area contributed by atoms with Gasteiger partial charge in [-0.2, -0.15) is 0 Å². The van der Waals surface area contributed by atoms with E-state index in [2.05, 4.69) is 5.32 Å². The smallest absolute Gasteiger partial charge is 0.234 e. The minimum absolute atomic E-state index is 0.0958. The summed E-state index contributed by atoms with van der Waals surface area (Å²) in [7, 11) is 0. The van der Waals surface area contributed by atoms with E-state index < -0.39 is 11.9 Å². The minimum Gasteiger partial charge on any atom is -0.507 e. The van der Waals surface area contributed by atoms with Crippen molar-refractivity contribution < 1.29 is 19.4 Å². The van der Waals surface area contributed by atoms with Gasteiger partial charge in [0.25, 0.3) is 0 Å². The number of fused-ring (bicyclic) bond motifs is 1. The lowest BCUT2D eigenvalue weighted by Crippen LogP contribution is -2.38. The molecular weight excluding hydrogens is 224 g/mol. The molecule has 0 radical (unpaired) electrons. The Balaban J connectivity index is 2.09. The highest BCUT2D eigenvalue weighted by Crippen LogP contribution is 2.37. The fraction of sp³-hybridized carbons (Fsp3) is 0.364. The van der Waals surface area contributed by atoms with Gasteiger partial charge < -0.3 is 25.6 Å². The normalized spacial score (nSPS) is 14.6. The van der Waals surface area contributed by atoms with E-state index in [1.165, 1.54) is 6.07 Å². The second-order valence-corrected chi connectivity index (χ2v) is 3.84. The van der Waals surface area contributed by atoms with Crippen molar-refractivity contribution in [2.75, 3.05) is 6.79 Å². The number of amides is 1. The van der Waals surface area contributed by atoms with Crippen molar-refractivity contribution in [3.8, 4) is 17.2 Å². The van der Waals surface area contributed by atoms with Gasteiger partial charge in [-0.05, 0) is 13.0 Å². The molecule has 1 aliphatic rings. The monoisotopic (exact) mass is 238 g/mol. The molecule has 0 aliphatic carbocycles. The summed E-state index contributed by atoms with van der Waals surface area (Å²) in [5, 5.41) is 12.6. The number of phenols is 1. The van der Waals surface area contributed by atoms with Crippen molar-refractivity contribution in [1.29, 1.82) is 0 Å². The quantitative estimate of drug-likeness (QED) is 0.691. The van der Waals surface area contributed by atoms with Crippen LogP contribution in [0.15, 0.2) is 12.1 Å². The van der Waals surface area contributed by atoms with Crippen molar-refractivity contribution in [2.24, 2.45) is 5.73 Å². The summed E-state index contributed by atoms with van der Waals surface area (Å²) in [6.07, 6.45) is 0. The number of benzene rings is 1. The van der Waals surface area contributed by atoms with Gasteiger partial charge in [0.15, 0.2) is 11.5 Å². The topological polar surface area (TPSA) is 93.8 Å². The average Bonchev–Trinajstić information content (AvgIpc) is 2.72. The highest BCUT2D eigenvalue weighted by molar-refractivity contribution is 5.79. The van der Waals surface area contributed by atoms with E-state index in [1.54, 1.807) is 13.0 Å². The van der Waals surface area contributed by atoms with Gasteiger partial charge in [0.2, 0.25) is 12.7 Å². The van der Waals surface area contributed by atoms with Gasteiger partial charge in [-0.1, -0.05) is 0 Å². The lowest BCUT2D eigenvalue weighted by molar-refractivity contribution is -0.119. The van der Waals surface area contributed by atoms with Crippen molar-refractivity contribution in [2.45, 2.75) is 19.5 Å². The standard InChI is InChI=1S/C11H14N2O4/c1-6(11(12)15)13-4-7-2-9-10(3-8(7)14)17-5-16-9/h2-3,6,13-14H,4-5H2,1H3,(H2,12,15). The van der Waals surface area contributed by atoms with Crippen LogP contribution in [0.2, 0.25) is 0 Å². The molecule has 1 aliphatic heterocycles. The van der Waals surface area contributed by atoms with E-state index in [0.29, 0.717) is 23.6 Å². The van der Waals surface area contributed by atoms with Gasteiger partial charge >= 0.3 is 0 Å². The third kappa shape index (κ3) is 2.42. The van der Waals surface area contributed by atoms with Crippen LogP contribution in [0.4, 0.5) is 0 Å². The first kappa shape index (κ1) is 11.5. The first-order valence-electron chi connectivity index (χ1n) is 5.22. The molecule has 4 N–H and O–H groups in total. The number of aromatic hydroxyl groups is 1. The summed E-state index contributed by atoms with van der Waals surface area (Å²) in [4.78, 5) is 10.8. The molecule has 0 saturated carbocycles. The van der Waals surface area contributed by atoms with E-state index in [1.807, 2.05) is 0 Å². The fourth-order valence-corrected chi connectivity index (χ4v) is 1.48. The van der Waals surface area contributed by atoms with E-state index in [-0.39, 0.29) is 12.5 Å². The molecular formula is C11H14N2O4. The first-order chi connectivity index (χ1) is 8.08. The molecule has 2 rings (SSSR count). The highest BCUT2D eigenvalue weighted by atomic mass is 16.7. The van der Waals surface area contributed by atoms with Crippen molar-refractivity contribution in [1.82, 2.24) is 5.32 Å². The molecule has 1 aromatic carbocycles. The third-order valence-electron chi connectivity index (χ3n) is 2.60. The van der Waals surface area contributed by atoms with E-state index >= 15 is 0 Å². The largest absolute Gasteiger partial charge is 0.507 e. The lowest BCUT2D eigenvalue weighted by Gasteiger charge is -2.11. The minimum atomic E-state index is -0.458. The maximum atomic E-state index is 10.8. The van der Waals surface area contributed by atoms with Crippen LogP contribution < -0.4 is 20.5 Å². The predicted octanol–water partition coefficient (Wildman–Crippen LogP) is 0.0843. The molecule has 1 atom stereocenters. The van der Waals surface area contributed by atoms with E-state index in [4.69, 9.17) is 15.2 Å². The van der Waals surface area contributed by atoms with Crippen LogP contribution in [-0.4, -0.2) is 23.8 Å². The van der Waals surface area contributed by atoms with E-state index in [0.717, 1.165) is 0 Å². The zero-order valence-corrected chi connectivity index (χ0v) is 9.40. The molecule has 0 spiro atoms. The fourth-order valence-electron chi connectivity index (χ4n) is 1.48. The second kappa shape index (κ2) is 4.50. The molecule has 0 aromatic heterocycles. The summed E-state index contributed by atoms with van der Waals surface area (Å²) in [5.41, 5.74) is 5.75. The Morgan fingerprint density at radius 3 is 2.82 bits per heavy atom. The Morgan fingerprint density at radius 1 is 1.53 bits per heavy atom. The number of phenolic OH excluding ortho intramolecular Hbond substituents is 1. The average molecular weight is 238 g/mol. The number of nitrogens with two attached hydrogens (primary N) is 1.